The van der Waals surface area contributed by atoms with Crippen molar-refractivity contribution in [3.8, 4) is 0 Å². The minimum atomic E-state index is -1.60. The van der Waals surface area contributed by atoms with Gasteiger partial charge in [-0.15, -0.1) is 0 Å². The van der Waals surface area contributed by atoms with E-state index in [-0.39, 0.29) is 6.54 Å². The van der Waals surface area contributed by atoms with Gasteiger partial charge in [0, 0.05) is 16.5 Å². The summed E-state index contributed by atoms with van der Waals surface area (Å²) in [5.74, 6) is 0. The molecule has 0 fully saturated rings. The third-order valence-corrected chi connectivity index (χ3v) is 19.4. The van der Waals surface area contributed by atoms with Crippen molar-refractivity contribution in [1.82, 2.24) is 4.90 Å². The first-order chi connectivity index (χ1) is 17.2. The lowest BCUT2D eigenvalue weighted by Gasteiger charge is -2.42. The molecule has 0 spiro atoms. The van der Waals surface area contributed by atoms with Gasteiger partial charge < -0.3 is 14.7 Å². The van der Waals surface area contributed by atoms with Gasteiger partial charge in [0.15, 0.2) is 0 Å². The van der Waals surface area contributed by atoms with Crippen molar-refractivity contribution in [2.75, 3.05) is 13.1 Å². The first kappa shape index (κ1) is 31.7. The highest BCUT2D eigenvalue weighted by Gasteiger charge is 2.44. The molecule has 0 aliphatic heterocycles. The molecule has 2 aromatic rings. The number of benzene rings is 2. The van der Waals surface area contributed by atoms with Gasteiger partial charge in [0.2, 0.25) is 0 Å². The summed E-state index contributed by atoms with van der Waals surface area (Å²) in [6, 6.07) is 15.9. The van der Waals surface area contributed by atoms with Gasteiger partial charge in [0.05, 0.1) is 12.6 Å². The molecule has 1 amide bonds. The van der Waals surface area contributed by atoms with Gasteiger partial charge in [-0.2, -0.15) is 11.2 Å². The minimum absolute atomic E-state index is 0.133. The molecule has 0 saturated heterocycles. The van der Waals surface area contributed by atoms with Gasteiger partial charge in [-0.1, -0.05) is 77.4 Å². The quantitative estimate of drug-likeness (QED) is 0.277. The second kappa shape index (κ2) is 13.5. The average Bonchev–Trinajstić information content (AvgIpc) is 2.78. The van der Waals surface area contributed by atoms with E-state index in [0.29, 0.717) is 40.2 Å². The highest BCUT2D eigenvalue weighted by atomic mass is 35.5. The van der Waals surface area contributed by atoms with Crippen molar-refractivity contribution in [3.63, 3.8) is 0 Å². The van der Waals surface area contributed by atoms with Crippen molar-refractivity contribution < 1.29 is 14.6 Å². The molecule has 1 atom stereocenters. The predicted octanol–water partition coefficient (Wildman–Crippen LogP) is 9.12. The zero-order chi connectivity index (χ0) is 28.0. The topological polar surface area (TPSA) is 49.8 Å². The molecule has 0 aliphatic rings. The fraction of sp³-hybridized carbons (Fsp3) is 0.567. The van der Waals surface area contributed by atoms with Crippen LogP contribution in [0.3, 0.4) is 0 Å². The molecule has 0 heterocycles. The summed E-state index contributed by atoms with van der Waals surface area (Å²) in [6.07, 6.45) is -0.610. The Bertz CT molecular complexity index is 983. The van der Waals surface area contributed by atoms with E-state index in [1.165, 1.54) is 4.90 Å². The van der Waals surface area contributed by atoms with Gasteiger partial charge >= 0.3 is 6.09 Å². The molecule has 7 heteroatoms. The fourth-order valence-corrected chi connectivity index (χ4v) is 14.5. The third-order valence-electron chi connectivity index (χ3n) is 6.87. The molecule has 0 aromatic heterocycles. The van der Waals surface area contributed by atoms with Gasteiger partial charge in [-0.3, -0.25) is 0 Å². The lowest BCUT2D eigenvalue weighted by atomic mass is 10.1. The number of aliphatic hydroxyl groups excluding tert-OH is 1. The van der Waals surface area contributed by atoms with Crippen LogP contribution in [0.15, 0.2) is 53.4 Å². The summed E-state index contributed by atoms with van der Waals surface area (Å²) in [6.45, 7) is 20.4. The molecule has 206 valence electrons. The van der Waals surface area contributed by atoms with Gasteiger partial charge in [0.1, 0.15) is 12.8 Å². The van der Waals surface area contributed by atoms with Crippen molar-refractivity contribution in [2.45, 2.75) is 102 Å². The minimum Gasteiger partial charge on any atom is -0.444 e. The maximum atomic E-state index is 13.0. The van der Waals surface area contributed by atoms with E-state index in [2.05, 4.69) is 77.0 Å². The van der Waals surface area contributed by atoms with Crippen molar-refractivity contribution in [2.24, 2.45) is 0 Å². The largest absolute Gasteiger partial charge is 0.444 e. The molecular formula is C30H46ClNO3SSi. The van der Waals surface area contributed by atoms with Crippen LogP contribution in [0.1, 0.15) is 79.5 Å². The first-order valence-corrected chi connectivity index (χ1v) is 17.5. The van der Waals surface area contributed by atoms with Crippen LogP contribution in [-0.4, -0.2) is 42.0 Å². The number of nitrogens with zero attached hydrogens (tertiary/aromatic N) is 1. The normalized spacial score (nSPS) is 13.4. The number of rotatable bonds is 11. The van der Waals surface area contributed by atoms with Gasteiger partial charge in [-0.25, -0.2) is 4.79 Å². The Labute approximate surface area is 234 Å². The molecule has 0 radical (unpaired) electrons. The van der Waals surface area contributed by atoms with E-state index in [0.717, 1.165) is 5.56 Å². The zero-order valence-electron chi connectivity index (χ0n) is 24.0. The van der Waals surface area contributed by atoms with Crippen LogP contribution in [0.5, 0.6) is 0 Å². The Balaban J connectivity index is 2.16. The number of halogens is 1. The summed E-state index contributed by atoms with van der Waals surface area (Å²) in [5, 5.41) is 11.4. The Hall–Kier alpha value is -1.47. The number of aliphatic hydroxyl groups is 1. The Morgan fingerprint density at radius 1 is 1.00 bits per heavy atom. The highest BCUT2D eigenvalue weighted by Crippen LogP contribution is 2.51. The van der Waals surface area contributed by atoms with E-state index in [1.54, 1.807) is 23.1 Å². The molecule has 2 rings (SSSR count). The molecule has 37 heavy (non-hydrogen) atoms. The number of ether oxygens (including phenoxy) is 1. The second-order valence-electron chi connectivity index (χ2n) is 11.8. The van der Waals surface area contributed by atoms with E-state index in [1.807, 2.05) is 26.8 Å². The van der Waals surface area contributed by atoms with E-state index >= 15 is 0 Å². The lowest BCUT2D eigenvalue weighted by molar-refractivity contribution is 0.0147. The summed E-state index contributed by atoms with van der Waals surface area (Å²) in [7, 11) is -1.60. The smallest absolute Gasteiger partial charge is 0.410 e. The lowest BCUT2D eigenvalue weighted by Crippen LogP contribution is -2.41. The van der Waals surface area contributed by atoms with Crippen LogP contribution >= 0.6 is 22.8 Å². The molecule has 4 nitrogen and oxygen atoms in total. The molecule has 0 unspecified atom stereocenters. The maximum absolute atomic E-state index is 13.0. The van der Waals surface area contributed by atoms with Crippen LogP contribution in [-0.2, 0) is 11.2 Å². The number of carbonyl (C=O) groups excluding carboxylic acids is 1. The Morgan fingerprint density at radius 3 is 2.05 bits per heavy atom. The third kappa shape index (κ3) is 9.05. The molecule has 2 aromatic carbocycles. The molecular weight excluding hydrogens is 518 g/mol. The number of hydrogen-bond acceptors (Lipinski definition) is 4. The SMILES string of the molecule is CC(C)[Si](Sc1ccc(CCN(C[C@H](O)c2cccc(Cl)c2)C(=O)OC(C)(C)C)cc1)(C(C)C)C(C)C. The molecule has 0 aliphatic carbocycles. The standard InChI is InChI=1S/C30H46ClNO3SSi/c1-21(2)37(22(3)4,23(5)6)36-27-15-13-24(14-16-27)17-18-32(29(34)35-30(7,8)9)20-28(33)25-11-10-12-26(31)19-25/h10-16,19,21-23,28,33H,17-18,20H2,1-9H3/t28-/m0/s1. The summed E-state index contributed by atoms with van der Waals surface area (Å²) < 4.78 is 5.64. The average molecular weight is 564 g/mol. The van der Waals surface area contributed by atoms with E-state index < -0.39 is 25.0 Å². The summed E-state index contributed by atoms with van der Waals surface area (Å²) in [4.78, 5) is 15.9. The summed E-state index contributed by atoms with van der Waals surface area (Å²) >= 11 is 8.23. The Kier molecular flexibility index (Phi) is 11.6. The van der Waals surface area contributed by atoms with Crippen LogP contribution in [0.25, 0.3) is 0 Å². The monoisotopic (exact) mass is 563 g/mol. The Morgan fingerprint density at radius 2 is 1.57 bits per heavy atom. The first-order valence-electron chi connectivity index (χ1n) is 13.3. The molecule has 1 N–H and O–H groups in total. The molecule has 0 saturated carbocycles. The summed E-state index contributed by atoms with van der Waals surface area (Å²) in [5.41, 5.74) is 3.27. The predicted molar refractivity (Wildman–Crippen MR) is 161 cm³/mol. The van der Waals surface area contributed by atoms with Gasteiger partial charge in [0.25, 0.3) is 0 Å². The maximum Gasteiger partial charge on any atom is 0.410 e. The number of amides is 1. The van der Waals surface area contributed by atoms with Crippen molar-refractivity contribution in [1.29, 1.82) is 0 Å². The van der Waals surface area contributed by atoms with Crippen LogP contribution in [0.2, 0.25) is 21.6 Å². The van der Waals surface area contributed by atoms with E-state index in [9.17, 15) is 9.90 Å². The van der Waals surface area contributed by atoms with Crippen LogP contribution in [0.4, 0.5) is 4.79 Å². The fourth-order valence-electron chi connectivity index (χ4n) is 5.16. The van der Waals surface area contributed by atoms with Crippen molar-refractivity contribution >= 4 is 36.1 Å². The van der Waals surface area contributed by atoms with Crippen molar-refractivity contribution in [3.05, 3.63) is 64.7 Å². The zero-order valence-corrected chi connectivity index (χ0v) is 26.6. The highest BCUT2D eigenvalue weighted by molar-refractivity contribution is 8.29. The number of hydrogen-bond donors (Lipinski definition) is 1. The molecule has 0 bridgehead atoms. The second-order valence-corrected chi connectivity index (χ2v) is 20.8. The van der Waals surface area contributed by atoms with Crippen LogP contribution < -0.4 is 0 Å². The van der Waals surface area contributed by atoms with E-state index in [4.69, 9.17) is 16.3 Å². The van der Waals surface area contributed by atoms with Crippen LogP contribution in [0, 0.1) is 0 Å². The van der Waals surface area contributed by atoms with Gasteiger partial charge in [-0.05, 0) is 79.2 Å². The number of carbonyl (C=O) groups is 1.